The molecular weight excluding hydrogens is 482 g/mol. The number of ether oxygens (including phenoxy) is 1. The molecule has 2 fully saturated rings. The quantitative estimate of drug-likeness (QED) is 0.397. The Morgan fingerprint density at radius 2 is 2.03 bits per heavy atom. The minimum Gasteiger partial charge on any atom is -0.508 e. The van der Waals surface area contributed by atoms with Gasteiger partial charge in [-0.05, 0) is 67.6 Å². The Labute approximate surface area is 212 Å². The highest BCUT2D eigenvalue weighted by Gasteiger charge is 2.59. The van der Waals surface area contributed by atoms with Crippen LogP contribution in [0.3, 0.4) is 0 Å². The number of carbonyl (C=O) groups is 2. The van der Waals surface area contributed by atoms with Gasteiger partial charge in [-0.3, -0.25) is 9.69 Å². The molecule has 0 radical (unpaired) electrons. The number of aromatic nitrogens is 1. The monoisotopic (exact) mass is 510 g/mol. The molecule has 194 valence electrons. The van der Waals surface area contributed by atoms with Gasteiger partial charge < -0.3 is 25.0 Å². The number of hydrogen-bond donors (Lipinski definition) is 3. The van der Waals surface area contributed by atoms with Crippen LogP contribution in [0.1, 0.15) is 42.6 Å². The van der Waals surface area contributed by atoms with E-state index in [0.29, 0.717) is 29.9 Å². The van der Waals surface area contributed by atoms with Crippen LogP contribution in [0, 0.1) is 0 Å². The van der Waals surface area contributed by atoms with E-state index in [9.17, 15) is 23.5 Å². The summed E-state index contributed by atoms with van der Waals surface area (Å²) < 4.78 is 30.4. The first-order chi connectivity index (χ1) is 17.7. The minimum absolute atomic E-state index is 0.0306. The zero-order valence-electron chi connectivity index (χ0n) is 20.3. The van der Waals surface area contributed by atoms with Crippen LogP contribution >= 0.6 is 0 Å². The molecule has 0 spiro atoms. The number of benzene rings is 2. The zero-order valence-corrected chi connectivity index (χ0v) is 20.3. The molecule has 1 saturated heterocycles. The van der Waals surface area contributed by atoms with E-state index in [1.807, 2.05) is 6.07 Å². The van der Waals surface area contributed by atoms with Crippen molar-refractivity contribution in [1.82, 2.24) is 20.1 Å². The molecule has 2 aliphatic heterocycles. The maximum absolute atomic E-state index is 13.8. The van der Waals surface area contributed by atoms with Crippen LogP contribution < -0.4 is 10.1 Å². The van der Waals surface area contributed by atoms with E-state index in [0.717, 1.165) is 29.7 Å². The number of carbonyl (C=O) groups excluding carboxylic acids is 2. The number of aromatic amines is 1. The predicted octanol–water partition coefficient (Wildman–Crippen LogP) is 4.09. The first-order valence-corrected chi connectivity index (χ1v) is 12.5. The zero-order chi connectivity index (χ0) is 25.9. The molecule has 6 rings (SSSR count). The Morgan fingerprint density at radius 1 is 1.22 bits per heavy atom. The number of rotatable bonds is 8. The highest BCUT2D eigenvalue weighted by molar-refractivity contribution is 6.08. The van der Waals surface area contributed by atoms with Gasteiger partial charge in [-0.15, -0.1) is 0 Å². The van der Waals surface area contributed by atoms with E-state index in [-0.39, 0.29) is 36.4 Å². The van der Waals surface area contributed by atoms with Gasteiger partial charge in [-0.1, -0.05) is 12.1 Å². The molecule has 3 amide bonds. The Bertz CT molecular complexity index is 1390. The molecule has 0 bridgehead atoms. The molecule has 10 heteroatoms. The molecule has 3 aromatic rings. The van der Waals surface area contributed by atoms with Crippen molar-refractivity contribution in [3.63, 3.8) is 0 Å². The number of amides is 3. The van der Waals surface area contributed by atoms with Crippen molar-refractivity contribution in [3.05, 3.63) is 59.3 Å². The van der Waals surface area contributed by atoms with Gasteiger partial charge in [0.1, 0.15) is 17.0 Å². The number of nitrogens with zero attached hydrogens (tertiary/aromatic N) is 2. The number of hydrogen-bond acceptors (Lipinski definition) is 5. The molecule has 37 heavy (non-hydrogen) atoms. The fourth-order valence-corrected chi connectivity index (χ4v) is 5.80. The molecule has 1 saturated carbocycles. The summed E-state index contributed by atoms with van der Waals surface area (Å²) in [5, 5.41) is 14.1. The van der Waals surface area contributed by atoms with Crippen LogP contribution in [0.4, 0.5) is 13.6 Å². The first kappa shape index (κ1) is 23.7. The van der Waals surface area contributed by atoms with Crippen molar-refractivity contribution in [2.24, 2.45) is 0 Å². The number of fused-ring (bicyclic) bond motifs is 4. The van der Waals surface area contributed by atoms with Crippen LogP contribution in [0.15, 0.2) is 42.5 Å². The van der Waals surface area contributed by atoms with Crippen LogP contribution in [-0.2, 0) is 17.6 Å². The van der Waals surface area contributed by atoms with Gasteiger partial charge in [0.15, 0.2) is 0 Å². The number of urea groups is 1. The van der Waals surface area contributed by atoms with Gasteiger partial charge >= 0.3 is 12.6 Å². The maximum Gasteiger partial charge on any atom is 0.387 e. The molecule has 3 heterocycles. The van der Waals surface area contributed by atoms with E-state index in [4.69, 9.17) is 0 Å². The van der Waals surface area contributed by atoms with E-state index >= 15 is 0 Å². The van der Waals surface area contributed by atoms with E-state index < -0.39 is 18.2 Å². The Kier molecular flexibility index (Phi) is 5.59. The number of H-pyrrole nitrogens is 1. The third kappa shape index (κ3) is 4.09. The summed E-state index contributed by atoms with van der Waals surface area (Å²) >= 11 is 0. The lowest BCUT2D eigenvalue weighted by Gasteiger charge is -2.42. The highest BCUT2D eigenvalue weighted by atomic mass is 19.3. The minimum atomic E-state index is -2.95. The van der Waals surface area contributed by atoms with Gasteiger partial charge in [0.2, 0.25) is 0 Å². The van der Waals surface area contributed by atoms with Crippen LogP contribution in [0.5, 0.6) is 11.5 Å². The van der Waals surface area contributed by atoms with Crippen molar-refractivity contribution in [1.29, 1.82) is 0 Å². The van der Waals surface area contributed by atoms with Crippen LogP contribution in [-0.4, -0.2) is 63.1 Å². The van der Waals surface area contributed by atoms with Crippen molar-refractivity contribution >= 4 is 22.8 Å². The number of aromatic hydroxyl groups is 1. The standard InChI is InChI=1S/C27H28F2N4O4/c1-27-14-20-19-13-18(37-25(28)29)7-8-21(19)31-23(20)22(12-15-3-2-4-17(34)11-15)33(27)26(36)32(24(27)35)10-9-30-16-5-6-16/h2-4,7-8,11,13,16,22,25,30-31,34H,5-6,9-10,12,14H2,1H3/t22?,27-/m0/s1. The van der Waals surface area contributed by atoms with Crippen molar-refractivity contribution in [2.45, 2.75) is 56.8 Å². The lowest BCUT2D eigenvalue weighted by molar-refractivity contribution is -0.133. The van der Waals surface area contributed by atoms with Gasteiger partial charge in [-0.2, -0.15) is 8.78 Å². The maximum atomic E-state index is 13.8. The normalized spacial score (nSPS) is 23.2. The average molecular weight is 511 g/mol. The van der Waals surface area contributed by atoms with E-state index in [1.54, 1.807) is 42.2 Å². The molecule has 2 atom stereocenters. The largest absolute Gasteiger partial charge is 0.508 e. The molecule has 8 nitrogen and oxygen atoms in total. The molecule has 1 unspecified atom stereocenters. The topological polar surface area (TPSA) is 97.9 Å². The summed E-state index contributed by atoms with van der Waals surface area (Å²) in [5.74, 6) is -0.127. The Hall–Kier alpha value is -3.66. The van der Waals surface area contributed by atoms with Gasteiger partial charge in [0, 0.05) is 42.1 Å². The van der Waals surface area contributed by atoms with Gasteiger partial charge in [0.25, 0.3) is 5.91 Å². The number of nitrogens with one attached hydrogen (secondary N) is 2. The smallest absolute Gasteiger partial charge is 0.387 e. The lowest BCUT2D eigenvalue weighted by atomic mass is 9.81. The number of halogens is 2. The summed E-state index contributed by atoms with van der Waals surface area (Å²) in [5.41, 5.74) is 1.93. The van der Waals surface area contributed by atoms with Crippen LogP contribution in [0.2, 0.25) is 0 Å². The van der Waals surface area contributed by atoms with Crippen LogP contribution in [0.25, 0.3) is 10.9 Å². The van der Waals surface area contributed by atoms with E-state index in [2.05, 4.69) is 15.0 Å². The number of alkyl halides is 2. The Balaban J connectivity index is 1.42. The van der Waals surface area contributed by atoms with Gasteiger partial charge in [0.05, 0.1) is 6.04 Å². The third-order valence-electron chi connectivity index (χ3n) is 7.66. The second kappa shape index (κ2) is 8.72. The third-order valence-corrected chi connectivity index (χ3v) is 7.66. The molecule has 2 aromatic carbocycles. The van der Waals surface area contributed by atoms with Gasteiger partial charge in [-0.25, -0.2) is 4.79 Å². The highest BCUT2D eigenvalue weighted by Crippen LogP contribution is 2.47. The molecule has 3 aliphatic rings. The second-order valence-corrected chi connectivity index (χ2v) is 10.3. The Morgan fingerprint density at radius 3 is 2.76 bits per heavy atom. The summed E-state index contributed by atoms with van der Waals surface area (Å²) in [6.07, 6.45) is 2.82. The molecule has 3 N–H and O–H groups in total. The summed E-state index contributed by atoms with van der Waals surface area (Å²) in [4.78, 5) is 33.9. The summed E-state index contributed by atoms with van der Waals surface area (Å²) in [6.45, 7) is -0.366. The number of phenolic OH excluding ortho intramolecular Hbond substituents is 1. The summed E-state index contributed by atoms with van der Waals surface area (Å²) in [6, 6.07) is 11.1. The average Bonchev–Trinajstić information content (AvgIpc) is 3.57. The molecule has 1 aromatic heterocycles. The molecular formula is C27H28F2N4O4. The molecule has 1 aliphatic carbocycles. The fraction of sp³-hybridized carbons (Fsp3) is 0.407. The fourth-order valence-electron chi connectivity index (χ4n) is 5.80. The first-order valence-electron chi connectivity index (χ1n) is 12.5. The number of phenols is 1. The SMILES string of the molecule is C[C@@]12Cc3c([nH]c4ccc(OC(F)F)cc34)C(Cc3cccc(O)c3)N1C(=O)N(CCNC1CC1)C2=O. The van der Waals surface area contributed by atoms with Crippen molar-refractivity contribution < 1.29 is 28.2 Å². The lowest BCUT2D eigenvalue weighted by Crippen LogP contribution is -2.53. The summed E-state index contributed by atoms with van der Waals surface area (Å²) in [7, 11) is 0. The van der Waals surface area contributed by atoms with Crippen molar-refractivity contribution in [3.8, 4) is 11.5 Å². The van der Waals surface area contributed by atoms with Crippen molar-refractivity contribution in [2.75, 3.05) is 13.1 Å². The number of imide groups is 1. The predicted molar refractivity (Wildman–Crippen MR) is 132 cm³/mol. The van der Waals surface area contributed by atoms with E-state index in [1.165, 1.54) is 11.0 Å². The second-order valence-electron chi connectivity index (χ2n) is 10.3.